The van der Waals surface area contributed by atoms with Crippen molar-refractivity contribution in [2.75, 3.05) is 7.11 Å². The van der Waals surface area contributed by atoms with Crippen molar-refractivity contribution in [1.82, 2.24) is 9.55 Å². The summed E-state index contributed by atoms with van der Waals surface area (Å²) in [6, 6.07) is 7.77. The Kier molecular flexibility index (Phi) is 3.11. The van der Waals surface area contributed by atoms with Crippen LogP contribution in [0.15, 0.2) is 39.8 Å². The standard InChI is InChI=1S/C10H8Br2N2O/c1-15-8-4-2-3-7(5-8)14-9(11)6-13-10(14)12/h2-6H,1H3. The van der Waals surface area contributed by atoms with E-state index < -0.39 is 0 Å². The predicted molar refractivity (Wildman–Crippen MR) is 65.5 cm³/mol. The number of aromatic nitrogens is 2. The number of rotatable bonds is 2. The number of halogens is 2. The maximum Gasteiger partial charge on any atom is 0.182 e. The summed E-state index contributed by atoms with van der Waals surface area (Å²) in [5, 5.41) is 0. The lowest BCUT2D eigenvalue weighted by molar-refractivity contribution is 0.414. The van der Waals surface area contributed by atoms with Crippen LogP contribution in [-0.4, -0.2) is 16.7 Å². The molecule has 1 aromatic heterocycles. The van der Waals surface area contributed by atoms with Gasteiger partial charge in [0.2, 0.25) is 0 Å². The first-order chi connectivity index (χ1) is 7.22. The molecular formula is C10H8Br2N2O. The summed E-state index contributed by atoms with van der Waals surface area (Å²) in [5.41, 5.74) is 0.991. The van der Waals surface area contributed by atoms with Gasteiger partial charge in [-0.25, -0.2) is 4.98 Å². The molecule has 1 aromatic carbocycles. The highest BCUT2D eigenvalue weighted by Crippen LogP contribution is 2.25. The Bertz CT molecular complexity index is 463. The van der Waals surface area contributed by atoms with Gasteiger partial charge in [0.25, 0.3) is 0 Å². The zero-order valence-electron chi connectivity index (χ0n) is 7.95. The molecule has 0 unspecified atom stereocenters. The van der Waals surface area contributed by atoms with Gasteiger partial charge in [-0.3, -0.25) is 4.57 Å². The van der Waals surface area contributed by atoms with Crippen molar-refractivity contribution in [2.24, 2.45) is 0 Å². The van der Waals surface area contributed by atoms with Crippen LogP contribution < -0.4 is 4.74 Å². The fourth-order valence-electron chi connectivity index (χ4n) is 1.29. The minimum Gasteiger partial charge on any atom is -0.497 e. The van der Waals surface area contributed by atoms with Crippen LogP contribution in [0.5, 0.6) is 5.75 Å². The summed E-state index contributed by atoms with van der Waals surface area (Å²) in [4.78, 5) is 4.14. The minimum absolute atomic E-state index is 0.752. The number of benzene rings is 1. The van der Waals surface area contributed by atoms with Crippen LogP contribution in [0.25, 0.3) is 5.69 Å². The van der Waals surface area contributed by atoms with Crippen molar-refractivity contribution < 1.29 is 4.74 Å². The Morgan fingerprint density at radius 1 is 1.33 bits per heavy atom. The molecule has 1 heterocycles. The Morgan fingerprint density at radius 3 is 2.73 bits per heavy atom. The lowest BCUT2D eigenvalue weighted by Gasteiger charge is -2.07. The largest absolute Gasteiger partial charge is 0.497 e. The molecular weight excluding hydrogens is 324 g/mol. The highest BCUT2D eigenvalue weighted by atomic mass is 79.9. The van der Waals surface area contributed by atoms with Crippen molar-refractivity contribution >= 4 is 31.9 Å². The molecule has 0 atom stereocenters. The van der Waals surface area contributed by atoms with Crippen molar-refractivity contribution in [2.45, 2.75) is 0 Å². The molecule has 0 saturated carbocycles. The molecule has 5 heteroatoms. The van der Waals surface area contributed by atoms with Gasteiger partial charge >= 0.3 is 0 Å². The maximum atomic E-state index is 5.17. The van der Waals surface area contributed by atoms with E-state index >= 15 is 0 Å². The maximum absolute atomic E-state index is 5.17. The molecule has 0 fully saturated rings. The zero-order chi connectivity index (χ0) is 10.8. The minimum atomic E-state index is 0.752. The molecule has 0 radical (unpaired) electrons. The van der Waals surface area contributed by atoms with Crippen LogP contribution in [0.4, 0.5) is 0 Å². The summed E-state index contributed by atoms with van der Waals surface area (Å²) in [5.74, 6) is 0.819. The fraction of sp³-hybridized carbons (Fsp3) is 0.100. The monoisotopic (exact) mass is 330 g/mol. The van der Waals surface area contributed by atoms with Gasteiger partial charge < -0.3 is 4.74 Å². The quantitative estimate of drug-likeness (QED) is 0.843. The fourth-order valence-corrected chi connectivity index (χ4v) is 2.50. The number of ether oxygens (including phenoxy) is 1. The van der Waals surface area contributed by atoms with Gasteiger partial charge in [-0.15, -0.1) is 0 Å². The molecule has 0 amide bonds. The van der Waals surface area contributed by atoms with E-state index in [-0.39, 0.29) is 0 Å². The molecule has 0 N–H and O–H groups in total. The molecule has 2 aromatic rings. The molecule has 0 aliphatic carbocycles. The average Bonchev–Trinajstić information content (AvgIpc) is 2.59. The summed E-state index contributed by atoms with van der Waals surface area (Å²) in [6.07, 6.45) is 1.74. The van der Waals surface area contributed by atoms with Crippen LogP contribution in [0.3, 0.4) is 0 Å². The average molecular weight is 332 g/mol. The normalized spacial score (nSPS) is 10.3. The summed E-state index contributed by atoms with van der Waals surface area (Å²) in [6.45, 7) is 0. The summed E-state index contributed by atoms with van der Waals surface area (Å²) in [7, 11) is 1.65. The van der Waals surface area contributed by atoms with Gasteiger partial charge in [-0.2, -0.15) is 0 Å². The van der Waals surface area contributed by atoms with Gasteiger partial charge in [0.1, 0.15) is 10.4 Å². The molecule has 0 saturated heterocycles. The third kappa shape index (κ3) is 2.08. The van der Waals surface area contributed by atoms with Gasteiger partial charge in [0.15, 0.2) is 4.73 Å². The molecule has 2 rings (SSSR count). The van der Waals surface area contributed by atoms with Crippen molar-refractivity contribution in [1.29, 1.82) is 0 Å². The summed E-state index contributed by atoms with van der Waals surface area (Å²) < 4.78 is 8.75. The van der Waals surface area contributed by atoms with Crippen LogP contribution in [0.1, 0.15) is 0 Å². The number of nitrogens with zero attached hydrogens (tertiary/aromatic N) is 2. The van der Waals surface area contributed by atoms with E-state index in [1.54, 1.807) is 13.3 Å². The second-order valence-corrected chi connectivity index (χ2v) is 4.41. The number of imidazole rings is 1. The van der Waals surface area contributed by atoms with Crippen LogP contribution in [-0.2, 0) is 0 Å². The van der Waals surface area contributed by atoms with Crippen molar-refractivity contribution in [3.05, 3.63) is 39.8 Å². The van der Waals surface area contributed by atoms with Crippen molar-refractivity contribution in [3.8, 4) is 11.4 Å². The lowest BCUT2D eigenvalue weighted by Crippen LogP contribution is -1.95. The number of hydrogen-bond donors (Lipinski definition) is 0. The van der Waals surface area contributed by atoms with E-state index in [4.69, 9.17) is 4.74 Å². The van der Waals surface area contributed by atoms with Gasteiger partial charge in [-0.05, 0) is 44.0 Å². The first-order valence-corrected chi connectivity index (χ1v) is 5.84. The second-order valence-electron chi connectivity index (χ2n) is 2.89. The lowest BCUT2D eigenvalue weighted by atomic mass is 10.3. The van der Waals surface area contributed by atoms with Gasteiger partial charge in [0.05, 0.1) is 19.0 Å². The van der Waals surface area contributed by atoms with Crippen LogP contribution in [0.2, 0.25) is 0 Å². The van der Waals surface area contributed by atoms with E-state index in [9.17, 15) is 0 Å². The molecule has 0 aliphatic rings. The molecule has 78 valence electrons. The highest BCUT2D eigenvalue weighted by Gasteiger charge is 2.07. The third-order valence-corrected chi connectivity index (χ3v) is 3.11. The first kappa shape index (κ1) is 10.7. The topological polar surface area (TPSA) is 27.1 Å². The van der Waals surface area contributed by atoms with E-state index in [2.05, 4.69) is 36.8 Å². The zero-order valence-corrected chi connectivity index (χ0v) is 11.1. The molecule has 3 nitrogen and oxygen atoms in total. The second kappa shape index (κ2) is 4.37. The Morgan fingerprint density at radius 2 is 2.13 bits per heavy atom. The van der Waals surface area contributed by atoms with E-state index in [1.165, 1.54) is 0 Å². The van der Waals surface area contributed by atoms with Crippen molar-refractivity contribution in [3.63, 3.8) is 0 Å². The first-order valence-electron chi connectivity index (χ1n) is 4.25. The molecule has 0 spiro atoms. The SMILES string of the molecule is COc1cccc(-n2c(Br)cnc2Br)c1. The van der Waals surface area contributed by atoms with E-state index in [0.717, 1.165) is 20.8 Å². The number of hydrogen-bond acceptors (Lipinski definition) is 2. The highest BCUT2D eigenvalue weighted by molar-refractivity contribution is 9.11. The Hall–Kier alpha value is -0.810. The van der Waals surface area contributed by atoms with Gasteiger partial charge in [-0.1, -0.05) is 6.07 Å². The molecule has 0 bridgehead atoms. The Labute approximate surface area is 104 Å². The van der Waals surface area contributed by atoms with E-state index in [0.29, 0.717) is 0 Å². The number of methoxy groups -OCH3 is 1. The molecule has 15 heavy (non-hydrogen) atoms. The summed E-state index contributed by atoms with van der Waals surface area (Å²) >= 11 is 6.81. The van der Waals surface area contributed by atoms with Gasteiger partial charge in [0, 0.05) is 6.07 Å². The smallest absolute Gasteiger partial charge is 0.182 e. The third-order valence-electron chi connectivity index (χ3n) is 1.99. The van der Waals surface area contributed by atoms with Crippen LogP contribution in [0, 0.1) is 0 Å². The Balaban J connectivity index is 2.53. The molecule has 0 aliphatic heterocycles. The van der Waals surface area contributed by atoms with E-state index in [1.807, 2.05) is 28.8 Å². The predicted octanol–water partition coefficient (Wildman–Crippen LogP) is 3.41. The van der Waals surface area contributed by atoms with Crippen LogP contribution >= 0.6 is 31.9 Å².